The average Bonchev–Trinajstić information content (AvgIpc) is 2.93. The van der Waals surface area contributed by atoms with Crippen LogP contribution in [0.25, 0.3) is 0 Å². The summed E-state index contributed by atoms with van der Waals surface area (Å²) < 4.78 is 0. The third kappa shape index (κ3) is 4.16. The van der Waals surface area contributed by atoms with Crippen molar-refractivity contribution in [2.45, 2.75) is 77.3 Å². The summed E-state index contributed by atoms with van der Waals surface area (Å²) in [5.74, 6) is -0.130. The third-order valence-electron chi connectivity index (χ3n) is 6.40. The van der Waals surface area contributed by atoms with Gasteiger partial charge >= 0.3 is 6.03 Å². The summed E-state index contributed by atoms with van der Waals surface area (Å²) in [5.41, 5.74) is 0.761. The molecular formula is C23H33N3O3. The van der Waals surface area contributed by atoms with E-state index < -0.39 is 11.6 Å². The maximum absolute atomic E-state index is 13.2. The van der Waals surface area contributed by atoms with Crippen LogP contribution in [-0.4, -0.2) is 46.8 Å². The molecule has 6 nitrogen and oxygen atoms in total. The molecule has 0 spiro atoms. The first-order valence-electron chi connectivity index (χ1n) is 10.8. The second kappa shape index (κ2) is 8.56. The van der Waals surface area contributed by atoms with Crippen LogP contribution in [-0.2, 0) is 15.1 Å². The van der Waals surface area contributed by atoms with Crippen LogP contribution < -0.4 is 5.32 Å². The van der Waals surface area contributed by atoms with Crippen molar-refractivity contribution in [3.63, 3.8) is 0 Å². The van der Waals surface area contributed by atoms with Crippen LogP contribution in [0.4, 0.5) is 4.79 Å². The summed E-state index contributed by atoms with van der Waals surface area (Å²) in [6.45, 7) is 8.28. The van der Waals surface area contributed by atoms with E-state index in [0.717, 1.165) is 36.1 Å². The van der Waals surface area contributed by atoms with Gasteiger partial charge in [0.1, 0.15) is 12.1 Å². The van der Waals surface area contributed by atoms with Crippen molar-refractivity contribution in [3.8, 4) is 0 Å². The Morgan fingerprint density at radius 2 is 1.79 bits per heavy atom. The molecule has 3 rings (SSSR count). The zero-order chi connectivity index (χ0) is 21.2. The Morgan fingerprint density at radius 3 is 2.34 bits per heavy atom. The zero-order valence-electron chi connectivity index (χ0n) is 18.0. The second-order valence-electron chi connectivity index (χ2n) is 8.69. The number of carbonyl (C=O) groups excluding carboxylic acids is 3. The SMILES string of the molecule is CCN(C(=O)CN1C(=O)NC(C)(c2ccc(C(C)C)cc2)C1=O)C1CCCCC1. The Bertz CT molecular complexity index is 768. The van der Waals surface area contributed by atoms with Gasteiger partial charge in [0.15, 0.2) is 0 Å². The van der Waals surface area contributed by atoms with Crippen LogP contribution in [0, 0.1) is 0 Å². The van der Waals surface area contributed by atoms with Crippen molar-refractivity contribution in [1.82, 2.24) is 15.1 Å². The number of hydrogen-bond acceptors (Lipinski definition) is 3. The summed E-state index contributed by atoms with van der Waals surface area (Å²) in [4.78, 5) is 41.6. The normalized spacial score (nSPS) is 22.9. The van der Waals surface area contributed by atoms with Gasteiger partial charge in [-0.25, -0.2) is 4.79 Å². The molecule has 1 atom stereocenters. The van der Waals surface area contributed by atoms with Crippen LogP contribution in [0.15, 0.2) is 24.3 Å². The van der Waals surface area contributed by atoms with E-state index in [9.17, 15) is 14.4 Å². The van der Waals surface area contributed by atoms with Crippen molar-refractivity contribution in [2.75, 3.05) is 13.1 Å². The van der Waals surface area contributed by atoms with Crippen LogP contribution in [0.2, 0.25) is 0 Å². The van der Waals surface area contributed by atoms with Crippen molar-refractivity contribution < 1.29 is 14.4 Å². The Hall–Kier alpha value is -2.37. The molecule has 1 aliphatic heterocycles. The Balaban J connectivity index is 1.74. The maximum Gasteiger partial charge on any atom is 0.325 e. The van der Waals surface area contributed by atoms with Crippen molar-refractivity contribution in [2.24, 2.45) is 0 Å². The van der Waals surface area contributed by atoms with Gasteiger partial charge in [-0.05, 0) is 43.7 Å². The molecule has 1 heterocycles. The van der Waals surface area contributed by atoms with E-state index in [-0.39, 0.29) is 24.4 Å². The molecule has 158 valence electrons. The van der Waals surface area contributed by atoms with E-state index in [2.05, 4.69) is 19.2 Å². The van der Waals surface area contributed by atoms with E-state index in [4.69, 9.17) is 0 Å². The molecule has 1 saturated heterocycles. The lowest BCUT2D eigenvalue weighted by Crippen LogP contribution is -2.48. The quantitative estimate of drug-likeness (QED) is 0.741. The van der Waals surface area contributed by atoms with E-state index in [1.807, 2.05) is 36.1 Å². The van der Waals surface area contributed by atoms with Crippen LogP contribution in [0.5, 0.6) is 0 Å². The molecular weight excluding hydrogens is 366 g/mol. The van der Waals surface area contributed by atoms with Gasteiger partial charge in [0, 0.05) is 12.6 Å². The Morgan fingerprint density at radius 1 is 1.17 bits per heavy atom. The molecule has 0 bridgehead atoms. The summed E-state index contributed by atoms with van der Waals surface area (Å²) >= 11 is 0. The summed E-state index contributed by atoms with van der Waals surface area (Å²) in [5, 5.41) is 2.80. The highest BCUT2D eigenvalue weighted by molar-refractivity contribution is 6.09. The average molecular weight is 400 g/mol. The highest BCUT2D eigenvalue weighted by Gasteiger charge is 2.49. The molecule has 4 amide bonds. The van der Waals surface area contributed by atoms with E-state index in [1.54, 1.807) is 6.92 Å². The molecule has 1 aromatic rings. The summed E-state index contributed by atoms with van der Waals surface area (Å²) in [6, 6.07) is 7.47. The smallest absolute Gasteiger partial charge is 0.325 e. The fourth-order valence-corrected chi connectivity index (χ4v) is 4.49. The first-order chi connectivity index (χ1) is 13.8. The van der Waals surface area contributed by atoms with Gasteiger partial charge in [-0.1, -0.05) is 57.4 Å². The zero-order valence-corrected chi connectivity index (χ0v) is 18.0. The molecule has 6 heteroatoms. The number of hydrogen-bond donors (Lipinski definition) is 1. The number of amides is 4. The molecule has 1 aromatic carbocycles. The monoisotopic (exact) mass is 399 g/mol. The molecule has 29 heavy (non-hydrogen) atoms. The Kier molecular flexibility index (Phi) is 6.30. The van der Waals surface area contributed by atoms with Crippen molar-refractivity contribution in [3.05, 3.63) is 35.4 Å². The lowest BCUT2D eigenvalue weighted by Gasteiger charge is -2.34. The van der Waals surface area contributed by atoms with Gasteiger partial charge in [-0.15, -0.1) is 0 Å². The van der Waals surface area contributed by atoms with Gasteiger partial charge < -0.3 is 10.2 Å². The van der Waals surface area contributed by atoms with E-state index in [1.165, 1.54) is 12.0 Å². The fraction of sp³-hybridized carbons (Fsp3) is 0.609. The number of carbonyl (C=O) groups is 3. The molecule has 2 fully saturated rings. The predicted molar refractivity (Wildman–Crippen MR) is 112 cm³/mol. The standard InChI is InChI=1S/C23H33N3O3/c1-5-25(19-9-7-6-8-10-19)20(27)15-26-21(28)23(4,24-22(26)29)18-13-11-17(12-14-18)16(2)3/h11-14,16,19H,5-10,15H2,1-4H3,(H,24,29). The number of likely N-dealkylation sites (N-methyl/N-ethyl adjacent to an activating group) is 1. The van der Waals surface area contributed by atoms with Gasteiger partial charge in [0.05, 0.1) is 0 Å². The summed E-state index contributed by atoms with van der Waals surface area (Å²) in [7, 11) is 0. The molecule has 0 radical (unpaired) electrons. The Labute approximate surface area is 173 Å². The molecule has 2 aliphatic rings. The predicted octanol–water partition coefficient (Wildman–Crippen LogP) is 3.76. The molecule has 1 N–H and O–H groups in total. The third-order valence-corrected chi connectivity index (χ3v) is 6.40. The first kappa shape index (κ1) is 21.3. The highest BCUT2D eigenvalue weighted by Crippen LogP contribution is 2.30. The molecule has 1 saturated carbocycles. The molecule has 0 aromatic heterocycles. The van der Waals surface area contributed by atoms with Gasteiger partial charge in [-0.2, -0.15) is 0 Å². The number of urea groups is 1. The molecule has 1 aliphatic carbocycles. The lowest BCUT2D eigenvalue weighted by molar-refractivity contribution is -0.140. The largest absolute Gasteiger partial charge is 0.338 e. The minimum atomic E-state index is -1.14. The summed E-state index contributed by atoms with van der Waals surface area (Å²) in [6.07, 6.45) is 5.46. The van der Waals surface area contributed by atoms with Crippen molar-refractivity contribution in [1.29, 1.82) is 0 Å². The molecule has 1 unspecified atom stereocenters. The number of nitrogens with zero attached hydrogens (tertiary/aromatic N) is 2. The fourth-order valence-electron chi connectivity index (χ4n) is 4.49. The number of rotatable bonds is 6. The number of benzene rings is 1. The topological polar surface area (TPSA) is 69.7 Å². The van der Waals surface area contributed by atoms with Crippen LogP contribution >= 0.6 is 0 Å². The number of nitrogens with one attached hydrogen (secondary N) is 1. The minimum Gasteiger partial charge on any atom is -0.338 e. The number of imide groups is 1. The van der Waals surface area contributed by atoms with Crippen LogP contribution in [0.1, 0.15) is 76.8 Å². The second-order valence-corrected chi connectivity index (χ2v) is 8.69. The lowest BCUT2D eigenvalue weighted by atomic mass is 9.90. The maximum atomic E-state index is 13.2. The van der Waals surface area contributed by atoms with Crippen molar-refractivity contribution >= 4 is 17.8 Å². The van der Waals surface area contributed by atoms with E-state index >= 15 is 0 Å². The van der Waals surface area contributed by atoms with Gasteiger partial charge in [0.25, 0.3) is 5.91 Å². The highest BCUT2D eigenvalue weighted by atomic mass is 16.2. The minimum absolute atomic E-state index is 0.151. The van der Waals surface area contributed by atoms with Gasteiger partial charge in [-0.3, -0.25) is 14.5 Å². The van der Waals surface area contributed by atoms with Crippen LogP contribution in [0.3, 0.4) is 0 Å². The van der Waals surface area contributed by atoms with E-state index in [0.29, 0.717) is 12.5 Å². The van der Waals surface area contributed by atoms with Gasteiger partial charge in [0.2, 0.25) is 5.91 Å². The first-order valence-corrected chi connectivity index (χ1v) is 10.8.